The van der Waals surface area contributed by atoms with Crippen LogP contribution in [0.1, 0.15) is 21.9 Å². The Hall–Kier alpha value is -1.49. The van der Waals surface area contributed by atoms with Crippen molar-refractivity contribution in [1.29, 1.82) is 0 Å². The van der Waals surface area contributed by atoms with Crippen LogP contribution in [0.4, 0.5) is 0 Å². The third-order valence-corrected chi connectivity index (χ3v) is 1.41. The van der Waals surface area contributed by atoms with Crippen LogP contribution >= 0.6 is 0 Å². The lowest BCUT2D eigenvalue weighted by Gasteiger charge is -2.00. The molecule has 0 aromatic carbocycles. The molecule has 0 aliphatic rings. The number of aryl methyl sites for hydroxylation is 1. The first kappa shape index (κ1) is 8.61. The van der Waals surface area contributed by atoms with Crippen LogP contribution in [0.15, 0.2) is 6.20 Å². The van der Waals surface area contributed by atoms with Gasteiger partial charge in [0.2, 0.25) is 0 Å². The Balaban J connectivity index is 3.12. The molecule has 0 radical (unpaired) electrons. The minimum absolute atomic E-state index is 0.0211. The highest BCUT2D eigenvalue weighted by molar-refractivity contribution is 5.86. The first-order chi connectivity index (χ1) is 5.65. The van der Waals surface area contributed by atoms with E-state index in [1.165, 1.54) is 6.20 Å². The number of nitrogens with two attached hydrogens (primary N) is 1. The van der Waals surface area contributed by atoms with E-state index in [9.17, 15) is 4.79 Å². The number of nitrogens with zero attached hydrogens (tertiary/aromatic N) is 2. The zero-order valence-corrected chi connectivity index (χ0v) is 6.61. The Kier molecular flexibility index (Phi) is 2.35. The zero-order chi connectivity index (χ0) is 9.14. The lowest BCUT2D eigenvalue weighted by atomic mass is 10.3. The van der Waals surface area contributed by atoms with Crippen molar-refractivity contribution < 1.29 is 9.90 Å². The summed E-state index contributed by atoms with van der Waals surface area (Å²) in [5.74, 6) is -1.07. The highest BCUT2D eigenvalue weighted by Crippen LogP contribution is 2.01. The number of hydrogen-bond donors (Lipinski definition) is 2. The van der Waals surface area contributed by atoms with Gasteiger partial charge in [0.25, 0.3) is 0 Å². The molecule has 0 fully saturated rings. The zero-order valence-electron chi connectivity index (χ0n) is 6.61. The minimum atomic E-state index is -1.07. The maximum absolute atomic E-state index is 10.5. The topological polar surface area (TPSA) is 89.1 Å². The summed E-state index contributed by atoms with van der Waals surface area (Å²) in [5.41, 5.74) is 6.26. The minimum Gasteiger partial charge on any atom is -0.476 e. The van der Waals surface area contributed by atoms with Crippen molar-refractivity contribution in [2.45, 2.75) is 13.5 Å². The molecule has 0 amide bonds. The number of carboxylic acids is 1. The lowest BCUT2D eigenvalue weighted by molar-refractivity contribution is 0.0689. The fourth-order valence-corrected chi connectivity index (χ4v) is 0.838. The maximum Gasteiger partial charge on any atom is 0.356 e. The Bertz CT molecular complexity index is 312. The Labute approximate surface area is 69.3 Å². The average Bonchev–Trinajstić information content (AvgIpc) is 2.03. The molecule has 12 heavy (non-hydrogen) atoms. The van der Waals surface area contributed by atoms with Gasteiger partial charge in [-0.3, -0.25) is 4.98 Å². The van der Waals surface area contributed by atoms with Crippen molar-refractivity contribution in [2.24, 2.45) is 5.73 Å². The number of hydrogen-bond acceptors (Lipinski definition) is 4. The van der Waals surface area contributed by atoms with Gasteiger partial charge in [0, 0.05) is 6.54 Å². The molecule has 0 aliphatic carbocycles. The predicted molar refractivity (Wildman–Crippen MR) is 41.6 cm³/mol. The summed E-state index contributed by atoms with van der Waals surface area (Å²) in [7, 11) is 0. The van der Waals surface area contributed by atoms with Gasteiger partial charge in [-0.25, -0.2) is 9.78 Å². The van der Waals surface area contributed by atoms with Crippen molar-refractivity contribution in [1.82, 2.24) is 9.97 Å². The summed E-state index contributed by atoms with van der Waals surface area (Å²) in [6, 6.07) is 0. The van der Waals surface area contributed by atoms with E-state index in [-0.39, 0.29) is 12.2 Å². The van der Waals surface area contributed by atoms with E-state index in [1.54, 1.807) is 6.92 Å². The van der Waals surface area contributed by atoms with Crippen LogP contribution in [0.2, 0.25) is 0 Å². The van der Waals surface area contributed by atoms with E-state index in [1.807, 2.05) is 0 Å². The standard InChI is InChI=1S/C7H9N3O2/c1-4-6(7(11)12)9-3-5(2-8)10-4/h3H,2,8H2,1H3,(H,11,12). The Morgan fingerprint density at radius 1 is 1.75 bits per heavy atom. The van der Waals surface area contributed by atoms with E-state index in [4.69, 9.17) is 10.8 Å². The molecule has 0 saturated heterocycles. The van der Waals surface area contributed by atoms with E-state index in [0.717, 1.165) is 0 Å². The number of rotatable bonds is 2. The molecule has 1 aromatic rings. The van der Waals surface area contributed by atoms with Gasteiger partial charge in [-0.2, -0.15) is 0 Å². The van der Waals surface area contributed by atoms with Crippen molar-refractivity contribution in [3.63, 3.8) is 0 Å². The van der Waals surface area contributed by atoms with Crippen LogP contribution in [0, 0.1) is 6.92 Å². The van der Waals surface area contributed by atoms with Gasteiger partial charge in [0.05, 0.1) is 17.6 Å². The molecule has 3 N–H and O–H groups in total. The van der Waals surface area contributed by atoms with Crippen molar-refractivity contribution in [2.75, 3.05) is 0 Å². The predicted octanol–water partition coefficient (Wildman–Crippen LogP) is -0.0581. The van der Waals surface area contributed by atoms with Gasteiger partial charge in [-0.05, 0) is 6.92 Å². The van der Waals surface area contributed by atoms with E-state index < -0.39 is 5.97 Å². The average molecular weight is 167 g/mol. The van der Waals surface area contributed by atoms with Gasteiger partial charge < -0.3 is 10.8 Å². The normalized spacial score (nSPS) is 9.83. The summed E-state index contributed by atoms with van der Waals surface area (Å²) in [5, 5.41) is 8.60. The molecule has 64 valence electrons. The Morgan fingerprint density at radius 2 is 2.42 bits per heavy atom. The molecule has 5 nitrogen and oxygen atoms in total. The molecule has 0 unspecified atom stereocenters. The second kappa shape index (κ2) is 3.27. The smallest absolute Gasteiger partial charge is 0.356 e. The van der Waals surface area contributed by atoms with Crippen molar-refractivity contribution >= 4 is 5.97 Å². The summed E-state index contributed by atoms with van der Waals surface area (Å²) < 4.78 is 0. The van der Waals surface area contributed by atoms with Gasteiger partial charge in [-0.1, -0.05) is 0 Å². The molecule has 0 spiro atoms. The highest BCUT2D eigenvalue weighted by atomic mass is 16.4. The molecular formula is C7H9N3O2. The summed E-state index contributed by atoms with van der Waals surface area (Å²) in [4.78, 5) is 18.1. The summed E-state index contributed by atoms with van der Waals surface area (Å²) in [6.45, 7) is 1.86. The number of carbonyl (C=O) groups is 1. The molecule has 0 atom stereocenters. The number of aromatic carboxylic acids is 1. The van der Waals surface area contributed by atoms with E-state index >= 15 is 0 Å². The van der Waals surface area contributed by atoms with Crippen LogP contribution in [-0.2, 0) is 6.54 Å². The molecule has 1 rings (SSSR count). The maximum atomic E-state index is 10.5. The molecule has 0 saturated carbocycles. The molecule has 1 aromatic heterocycles. The summed E-state index contributed by atoms with van der Waals surface area (Å²) >= 11 is 0. The molecule has 5 heteroatoms. The largest absolute Gasteiger partial charge is 0.476 e. The Morgan fingerprint density at radius 3 is 2.83 bits per heavy atom. The first-order valence-corrected chi connectivity index (χ1v) is 3.41. The molecule has 0 bridgehead atoms. The van der Waals surface area contributed by atoms with E-state index in [2.05, 4.69) is 9.97 Å². The third kappa shape index (κ3) is 1.57. The van der Waals surface area contributed by atoms with Gasteiger partial charge in [-0.15, -0.1) is 0 Å². The van der Waals surface area contributed by atoms with Crippen molar-refractivity contribution in [3.05, 3.63) is 23.3 Å². The molecular weight excluding hydrogens is 158 g/mol. The molecule has 0 aliphatic heterocycles. The number of aromatic nitrogens is 2. The molecule has 1 heterocycles. The second-order valence-electron chi connectivity index (χ2n) is 2.30. The third-order valence-electron chi connectivity index (χ3n) is 1.41. The fraction of sp³-hybridized carbons (Fsp3) is 0.286. The fourth-order valence-electron chi connectivity index (χ4n) is 0.838. The lowest BCUT2D eigenvalue weighted by Crippen LogP contribution is -2.09. The van der Waals surface area contributed by atoms with Gasteiger partial charge in [0.15, 0.2) is 5.69 Å². The van der Waals surface area contributed by atoms with Crippen molar-refractivity contribution in [3.8, 4) is 0 Å². The monoisotopic (exact) mass is 167 g/mol. The number of carboxylic acid groups (broad SMARTS) is 1. The SMILES string of the molecule is Cc1nc(CN)cnc1C(=O)O. The van der Waals surface area contributed by atoms with E-state index in [0.29, 0.717) is 11.4 Å². The van der Waals surface area contributed by atoms with Crippen LogP contribution in [0.5, 0.6) is 0 Å². The quantitative estimate of drug-likeness (QED) is 0.644. The van der Waals surface area contributed by atoms with Crippen LogP contribution in [-0.4, -0.2) is 21.0 Å². The van der Waals surface area contributed by atoms with Gasteiger partial charge in [0.1, 0.15) is 0 Å². The van der Waals surface area contributed by atoms with Crippen LogP contribution in [0.25, 0.3) is 0 Å². The first-order valence-electron chi connectivity index (χ1n) is 3.41. The second-order valence-corrected chi connectivity index (χ2v) is 2.30. The summed E-state index contributed by atoms with van der Waals surface area (Å²) in [6.07, 6.45) is 1.37. The highest BCUT2D eigenvalue weighted by Gasteiger charge is 2.09. The van der Waals surface area contributed by atoms with Crippen LogP contribution in [0.3, 0.4) is 0 Å². The van der Waals surface area contributed by atoms with Gasteiger partial charge >= 0.3 is 5.97 Å². The van der Waals surface area contributed by atoms with Crippen LogP contribution < -0.4 is 5.73 Å².